The van der Waals surface area contributed by atoms with E-state index < -0.39 is 11.5 Å². The zero-order valence-corrected chi connectivity index (χ0v) is 12.9. The van der Waals surface area contributed by atoms with Gasteiger partial charge in [-0.25, -0.2) is 0 Å². The Morgan fingerprint density at radius 1 is 1.50 bits per heavy atom. The molecule has 2 rings (SSSR count). The lowest BCUT2D eigenvalue weighted by Crippen LogP contribution is -2.27. The van der Waals surface area contributed by atoms with Crippen LogP contribution in [0.15, 0.2) is 33.5 Å². The minimum absolute atomic E-state index is 0.200. The number of benzene rings is 1. The maximum absolute atomic E-state index is 12.5. The zero-order valence-electron chi connectivity index (χ0n) is 10.5. The first-order valence-electron chi connectivity index (χ1n) is 5.72. The number of nitrogens with one attached hydrogen (secondary N) is 1. The minimum atomic E-state index is -1.06. The monoisotopic (exact) mass is 354 g/mol. The van der Waals surface area contributed by atoms with Crippen LogP contribution in [-0.4, -0.2) is 20.6 Å². The molecule has 7 heteroatoms. The molecule has 0 saturated carbocycles. The molecule has 1 heterocycles. The number of aryl methyl sites for hydroxylation is 1. The van der Waals surface area contributed by atoms with Gasteiger partial charge in [0.15, 0.2) is 4.77 Å². The van der Waals surface area contributed by atoms with Crippen LogP contribution in [0.4, 0.5) is 0 Å². The van der Waals surface area contributed by atoms with Crippen molar-refractivity contribution in [2.24, 2.45) is 0 Å². The Bertz CT molecular complexity index is 795. The predicted octanol–water partition coefficient (Wildman–Crippen LogP) is 2.59. The number of hydrogen-bond acceptors (Lipinski definition) is 3. The highest BCUT2D eigenvalue weighted by Gasteiger charge is 2.14. The van der Waals surface area contributed by atoms with E-state index in [0.29, 0.717) is 11.4 Å². The van der Waals surface area contributed by atoms with E-state index in [0.717, 1.165) is 4.47 Å². The molecule has 2 aromatic rings. The molecule has 0 unspecified atom stereocenters. The van der Waals surface area contributed by atoms with Gasteiger partial charge in [0.25, 0.3) is 5.56 Å². The fraction of sp³-hybridized carbons (Fsp3) is 0.154. The minimum Gasteiger partial charge on any atom is -0.481 e. The third kappa shape index (κ3) is 2.88. The van der Waals surface area contributed by atoms with Crippen LogP contribution in [0.5, 0.6) is 0 Å². The van der Waals surface area contributed by atoms with Gasteiger partial charge in [0.2, 0.25) is 0 Å². The number of hydrogen-bond donors (Lipinski definition) is 2. The number of carboxylic acids is 1. The van der Waals surface area contributed by atoms with Crippen molar-refractivity contribution >= 4 is 34.1 Å². The van der Waals surface area contributed by atoms with E-state index in [1.54, 1.807) is 25.1 Å². The third-order valence-corrected chi connectivity index (χ3v) is 3.58. The van der Waals surface area contributed by atoms with Gasteiger partial charge in [-0.05, 0) is 37.3 Å². The Hall–Kier alpha value is -1.73. The van der Waals surface area contributed by atoms with Gasteiger partial charge in [-0.2, -0.15) is 0 Å². The second-order valence-corrected chi connectivity index (χ2v) is 5.53. The quantitative estimate of drug-likeness (QED) is 0.830. The average Bonchev–Trinajstić information content (AvgIpc) is 2.34. The Kier molecular flexibility index (Phi) is 4.20. The molecule has 0 aliphatic carbocycles. The summed E-state index contributed by atoms with van der Waals surface area (Å²) < 4.78 is 2.34. The van der Waals surface area contributed by atoms with E-state index in [-0.39, 0.29) is 16.8 Å². The molecule has 0 spiro atoms. The fourth-order valence-corrected chi connectivity index (χ4v) is 2.62. The molecule has 0 bridgehead atoms. The molecule has 0 aliphatic rings. The molecule has 0 radical (unpaired) electrons. The van der Waals surface area contributed by atoms with Crippen LogP contribution in [0.25, 0.3) is 5.69 Å². The van der Waals surface area contributed by atoms with Gasteiger partial charge in [0, 0.05) is 15.7 Å². The van der Waals surface area contributed by atoms with Crippen molar-refractivity contribution in [2.75, 3.05) is 0 Å². The molecule has 0 aliphatic heterocycles. The molecule has 0 fully saturated rings. The maximum Gasteiger partial charge on any atom is 0.308 e. The van der Waals surface area contributed by atoms with Gasteiger partial charge in [0.05, 0.1) is 12.1 Å². The van der Waals surface area contributed by atoms with Crippen LogP contribution in [0.2, 0.25) is 0 Å². The molecule has 20 heavy (non-hydrogen) atoms. The van der Waals surface area contributed by atoms with Crippen molar-refractivity contribution < 1.29 is 9.90 Å². The number of halogens is 1. The first kappa shape index (κ1) is 14.7. The first-order valence-corrected chi connectivity index (χ1v) is 6.93. The summed E-state index contributed by atoms with van der Waals surface area (Å²) in [5.74, 6) is -1.06. The smallest absolute Gasteiger partial charge is 0.308 e. The number of carboxylic acid groups (broad SMARTS) is 1. The number of aliphatic carboxylic acids is 1. The number of H-pyrrole nitrogens is 1. The summed E-state index contributed by atoms with van der Waals surface area (Å²) in [4.78, 5) is 26.2. The Morgan fingerprint density at radius 3 is 2.80 bits per heavy atom. The first-order chi connectivity index (χ1) is 9.40. The van der Waals surface area contributed by atoms with Crippen LogP contribution >= 0.6 is 28.1 Å². The highest BCUT2D eigenvalue weighted by atomic mass is 79.9. The summed E-state index contributed by atoms with van der Waals surface area (Å²) in [6.07, 6.45) is -0.342. The molecule has 2 N–H and O–H groups in total. The van der Waals surface area contributed by atoms with Crippen LogP contribution in [0.3, 0.4) is 0 Å². The van der Waals surface area contributed by atoms with E-state index >= 15 is 0 Å². The molecule has 1 aromatic carbocycles. The van der Waals surface area contributed by atoms with E-state index in [1.807, 2.05) is 6.07 Å². The van der Waals surface area contributed by atoms with Crippen molar-refractivity contribution in [1.82, 2.24) is 9.55 Å². The molecule has 0 saturated heterocycles. The lowest BCUT2D eigenvalue weighted by Gasteiger charge is -2.10. The van der Waals surface area contributed by atoms with Crippen molar-refractivity contribution in [2.45, 2.75) is 13.3 Å². The third-order valence-electron chi connectivity index (χ3n) is 2.81. The number of carbonyl (C=O) groups is 1. The van der Waals surface area contributed by atoms with Gasteiger partial charge < -0.3 is 10.1 Å². The van der Waals surface area contributed by atoms with Gasteiger partial charge in [0.1, 0.15) is 0 Å². The number of aromatic amines is 1. The number of rotatable bonds is 3. The zero-order chi connectivity index (χ0) is 14.9. The molecule has 104 valence electrons. The Labute approximate surface area is 128 Å². The molecular formula is C13H11BrN2O3S. The van der Waals surface area contributed by atoms with Crippen LogP contribution in [0, 0.1) is 11.7 Å². The standard InChI is InChI=1S/C13H11BrN2O3S/c1-7-10(6-11(17)18)12(19)16(13(20)15-7)9-4-2-3-8(14)5-9/h2-5H,6H2,1H3,(H,15,20)(H,17,18). The lowest BCUT2D eigenvalue weighted by atomic mass is 10.1. The second-order valence-electron chi connectivity index (χ2n) is 4.22. The van der Waals surface area contributed by atoms with Crippen molar-refractivity contribution in [3.05, 3.63) is 55.1 Å². The largest absolute Gasteiger partial charge is 0.481 e. The maximum atomic E-state index is 12.5. The van der Waals surface area contributed by atoms with Gasteiger partial charge >= 0.3 is 5.97 Å². The second kappa shape index (κ2) is 5.72. The van der Waals surface area contributed by atoms with E-state index in [4.69, 9.17) is 17.3 Å². The normalized spacial score (nSPS) is 10.5. The fourth-order valence-electron chi connectivity index (χ4n) is 1.89. The van der Waals surface area contributed by atoms with Crippen molar-refractivity contribution in [3.8, 4) is 5.69 Å². The summed E-state index contributed by atoms with van der Waals surface area (Å²) >= 11 is 8.50. The Morgan fingerprint density at radius 2 is 2.20 bits per heavy atom. The summed E-state index contributed by atoms with van der Waals surface area (Å²) in [6, 6.07) is 7.08. The van der Waals surface area contributed by atoms with E-state index in [1.165, 1.54) is 4.57 Å². The molecule has 5 nitrogen and oxygen atoms in total. The molecular weight excluding hydrogens is 344 g/mol. The van der Waals surface area contributed by atoms with Crippen LogP contribution < -0.4 is 5.56 Å². The van der Waals surface area contributed by atoms with E-state index in [2.05, 4.69) is 20.9 Å². The molecule has 0 amide bonds. The van der Waals surface area contributed by atoms with E-state index in [9.17, 15) is 9.59 Å². The van der Waals surface area contributed by atoms with Gasteiger partial charge in [-0.3, -0.25) is 14.2 Å². The van der Waals surface area contributed by atoms with Crippen LogP contribution in [-0.2, 0) is 11.2 Å². The number of nitrogens with zero attached hydrogens (tertiary/aromatic N) is 1. The van der Waals surface area contributed by atoms with Crippen molar-refractivity contribution in [3.63, 3.8) is 0 Å². The topological polar surface area (TPSA) is 75.1 Å². The SMILES string of the molecule is Cc1[nH]c(=S)n(-c2cccc(Br)c2)c(=O)c1CC(=O)O. The number of aromatic nitrogens is 2. The summed E-state index contributed by atoms with van der Waals surface area (Å²) in [6.45, 7) is 1.64. The summed E-state index contributed by atoms with van der Waals surface area (Å²) in [7, 11) is 0. The van der Waals surface area contributed by atoms with Crippen molar-refractivity contribution in [1.29, 1.82) is 0 Å². The summed E-state index contributed by atoms with van der Waals surface area (Å²) in [5.41, 5.74) is 0.851. The summed E-state index contributed by atoms with van der Waals surface area (Å²) in [5, 5.41) is 8.90. The predicted molar refractivity (Wildman–Crippen MR) is 81.0 cm³/mol. The molecule has 0 atom stereocenters. The average molecular weight is 355 g/mol. The Balaban J connectivity index is 2.74. The lowest BCUT2D eigenvalue weighted by molar-refractivity contribution is -0.136. The van der Waals surface area contributed by atoms with Gasteiger partial charge in [-0.1, -0.05) is 22.0 Å². The highest BCUT2D eigenvalue weighted by Crippen LogP contribution is 2.15. The van der Waals surface area contributed by atoms with Gasteiger partial charge in [-0.15, -0.1) is 0 Å². The van der Waals surface area contributed by atoms with Crippen LogP contribution in [0.1, 0.15) is 11.3 Å². The molecule has 1 aromatic heterocycles. The highest BCUT2D eigenvalue weighted by molar-refractivity contribution is 9.10.